The third kappa shape index (κ3) is 6.46. The van der Waals surface area contributed by atoms with Crippen molar-refractivity contribution in [2.24, 2.45) is 0 Å². The van der Waals surface area contributed by atoms with Gasteiger partial charge in [-0.2, -0.15) is 0 Å². The van der Waals surface area contributed by atoms with E-state index in [-0.39, 0.29) is 18.4 Å². The fourth-order valence-corrected chi connectivity index (χ4v) is 3.83. The Labute approximate surface area is 185 Å². The lowest BCUT2D eigenvalue weighted by atomic mass is 9.72. The van der Waals surface area contributed by atoms with Gasteiger partial charge in [0.05, 0.1) is 25.2 Å². The Morgan fingerprint density at radius 3 is 2.20 bits per heavy atom. The normalized spacial score (nSPS) is 15.8. The maximum Gasteiger partial charge on any atom is 0.316 e. The summed E-state index contributed by atoms with van der Waals surface area (Å²) >= 11 is 0. The highest BCUT2D eigenvalue weighted by molar-refractivity contribution is 5.85. The number of esters is 1. The quantitative estimate of drug-likeness (QED) is 0.417. The molecule has 1 fully saturated rings. The summed E-state index contributed by atoms with van der Waals surface area (Å²) in [6, 6.07) is 19.8. The van der Waals surface area contributed by atoms with E-state index in [4.69, 9.17) is 14.2 Å². The summed E-state index contributed by atoms with van der Waals surface area (Å²) in [6.07, 6.45) is 1.54. The molecule has 0 unspecified atom stereocenters. The monoisotopic (exact) mass is 433 g/mol. The van der Waals surface area contributed by atoms with Crippen molar-refractivity contribution < 1.29 is 19.0 Å². The minimum atomic E-state index is -0.530. The van der Waals surface area contributed by atoms with Gasteiger partial charge in [-0.05, 0) is 50.6 Å². The molecule has 0 aliphatic carbocycles. The number of rotatable bonds is 10. The molecular formula is C24H32ClNO4. The molecule has 3 rings (SSSR count). The van der Waals surface area contributed by atoms with Gasteiger partial charge in [0.2, 0.25) is 0 Å². The van der Waals surface area contributed by atoms with Gasteiger partial charge < -0.3 is 19.1 Å². The average molecular weight is 434 g/mol. The predicted molar refractivity (Wildman–Crippen MR) is 120 cm³/mol. The van der Waals surface area contributed by atoms with Crippen LogP contribution >= 0.6 is 12.4 Å². The van der Waals surface area contributed by atoms with Crippen LogP contribution in [0.5, 0.6) is 5.75 Å². The van der Waals surface area contributed by atoms with Crippen LogP contribution in [-0.2, 0) is 19.7 Å². The smallest absolute Gasteiger partial charge is 0.316 e. The molecule has 1 saturated heterocycles. The van der Waals surface area contributed by atoms with E-state index in [2.05, 4.69) is 4.90 Å². The molecule has 2 aromatic carbocycles. The Morgan fingerprint density at radius 1 is 0.933 bits per heavy atom. The SMILES string of the molecule is CCOC(=O)C1(c2ccccc2)CCN(CCOCCOc2ccccc2)CC1.Cl. The van der Waals surface area contributed by atoms with Crippen molar-refractivity contribution in [1.82, 2.24) is 4.90 Å². The fourth-order valence-electron chi connectivity index (χ4n) is 3.83. The van der Waals surface area contributed by atoms with Gasteiger partial charge in [-0.25, -0.2) is 0 Å². The van der Waals surface area contributed by atoms with Crippen molar-refractivity contribution in [2.45, 2.75) is 25.2 Å². The van der Waals surface area contributed by atoms with E-state index in [1.807, 2.05) is 67.6 Å². The Bertz CT molecular complexity index is 733. The van der Waals surface area contributed by atoms with Gasteiger partial charge in [0.1, 0.15) is 12.4 Å². The molecule has 0 saturated carbocycles. The molecule has 0 N–H and O–H groups in total. The molecule has 0 bridgehead atoms. The van der Waals surface area contributed by atoms with Crippen molar-refractivity contribution in [3.8, 4) is 5.75 Å². The first-order valence-electron chi connectivity index (χ1n) is 10.5. The zero-order chi connectivity index (χ0) is 20.4. The molecule has 5 nitrogen and oxygen atoms in total. The molecule has 1 aliphatic heterocycles. The summed E-state index contributed by atoms with van der Waals surface area (Å²) in [5.41, 5.74) is 0.533. The van der Waals surface area contributed by atoms with Gasteiger partial charge in [-0.3, -0.25) is 4.79 Å². The number of likely N-dealkylation sites (tertiary alicyclic amines) is 1. The van der Waals surface area contributed by atoms with Crippen LogP contribution in [0.4, 0.5) is 0 Å². The first-order valence-corrected chi connectivity index (χ1v) is 10.5. The molecule has 0 spiro atoms. The van der Waals surface area contributed by atoms with Crippen LogP contribution in [0.25, 0.3) is 0 Å². The van der Waals surface area contributed by atoms with E-state index in [1.165, 1.54) is 0 Å². The highest BCUT2D eigenvalue weighted by atomic mass is 35.5. The van der Waals surface area contributed by atoms with E-state index in [0.29, 0.717) is 26.4 Å². The second kappa shape index (κ2) is 12.6. The number of benzene rings is 2. The van der Waals surface area contributed by atoms with Gasteiger partial charge in [0.25, 0.3) is 0 Å². The molecule has 0 atom stereocenters. The Balaban J connectivity index is 0.00000320. The maximum absolute atomic E-state index is 12.8. The standard InChI is InChI=1S/C24H31NO4.ClH/c1-2-28-23(26)24(21-9-5-3-6-10-21)13-15-25(16-14-24)17-18-27-19-20-29-22-11-7-4-8-12-22;/h3-12H,2,13-20H2,1H3;1H. The molecule has 2 aromatic rings. The maximum atomic E-state index is 12.8. The summed E-state index contributed by atoms with van der Waals surface area (Å²) in [6.45, 7) is 6.63. The van der Waals surface area contributed by atoms with Gasteiger partial charge in [0.15, 0.2) is 0 Å². The van der Waals surface area contributed by atoms with Crippen molar-refractivity contribution in [3.63, 3.8) is 0 Å². The number of hydrogen-bond acceptors (Lipinski definition) is 5. The number of carbonyl (C=O) groups is 1. The van der Waals surface area contributed by atoms with Crippen LogP contribution in [0.2, 0.25) is 0 Å². The van der Waals surface area contributed by atoms with Crippen LogP contribution in [0, 0.1) is 0 Å². The second-order valence-corrected chi connectivity index (χ2v) is 7.28. The highest BCUT2D eigenvalue weighted by Crippen LogP contribution is 2.36. The molecule has 30 heavy (non-hydrogen) atoms. The molecule has 0 aromatic heterocycles. The highest BCUT2D eigenvalue weighted by Gasteiger charge is 2.44. The van der Waals surface area contributed by atoms with Crippen molar-refractivity contribution in [2.75, 3.05) is 46.1 Å². The van der Waals surface area contributed by atoms with Crippen LogP contribution in [0.3, 0.4) is 0 Å². The Kier molecular flexibility index (Phi) is 10.1. The third-order valence-electron chi connectivity index (χ3n) is 5.49. The van der Waals surface area contributed by atoms with E-state index < -0.39 is 5.41 Å². The van der Waals surface area contributed by atoms with E-state index >= 15 is 0 Å². The number of carbonyl (C=O) groups excluding carboxylic acids is 1. The summed E-state index contributed by atoms with van der Waals surface area (Å²) in [5, 5.41) is 0. The van der Waals surface area contributed by atoms with Crippen LogP contribution in [-0.4, -0.2) is 56.9 Å². The number of para-hydroxylation sites is 1. The topological polar surface area (TPSA) is 48.0 Å². The lowest BCUT2D eigenvalue weighted by molar-refractivity contribution is -0.152. The second-order valence-electron chi connectivity index (χ2n) is 7.28. The largest absolute Gasteiger partial charge is 0.491 e. The number of nitrogens with zero attached hydrogens (tertiary/aromatic N) is 1. The van der Waals surface area contributed by atoms with Gasteiger partial charge >= 0.3 is 5.97 Å². The third-order valence-corrected chi connectivity index (χ3v) is 5.49. The summed E-state index contributed by atoms with van der Waals surface area (Å²) in [7, 11) is 0. The van der Waals surface area contributed by atoms with Gasteiger partial charge in [-0.1, -0.05) is 48.5 Å². The zero-order valence-corrected chi connectivity index (χ0v) is 18.4. The Morgan fingerprint density at radius 2 is 1.57 bits per heavy atom. The first kappa shape index (κ1) is 24.2. The van der Waals surface area contributed by atoms with Crippen molar-refractivity contribution in [3.05, 3.63) is 66.2 Å². The molecule has 0 radical (unpaired) electrons. The molecule has 1 heterocycles. The van der Waals surface area contributed by atoms with Crippen LogP contribution in [0.15, 0.2) is 60.7 Å². The fraction of sp³-hybridized carbons (Fsp3) is 0.458. The first-order chi connectivity index (χ1) is 14.2. The van der Waals surface area contributed by atoms with E-state index in [0.717, 1.165) is 43.8 Å². The minimum absolute atomic E-state index is 0. The van der Waals surface area contributed by atoms with Crippen molar-refractivity contribution >= 4 is 18.4 Å². The number of halogens is 1. The number of ether oxygens (including phenoxy) is 3. The number of hydrogen-bond donors (Lipinski definition) is 0. The van der Waals surface area contributed by atoms with Gasteiger partial charge in [0, 0.05) is 6.54 Å². The average Bonchev–Trinajstić information content (AvgIpc) is 2.78. The van der Waals surface area contributed by atoms with E-state index in [9.17, 15) is 4.79 Å². The zero-order valence-electron chi connectivity index (χ0n) is 17.6. The van der Waals surface area contributed by atoms with Crippen LogP contribution < -0.4 is 4.74 Å². The van der Waals surface area contributed by atoms with Gasteiger partial charge in [-0.15, -0.1) is 12.4 Å². The lowest BCUT2D eigenvalue weighted by Crippen LogP contribution is -2.48. The molecule has 1 aliphatic rings. The molecule has 6 heteroatoms. The summed E-state index contributed by atoms with van der Waals surface area (Å²) in [4.78, 5) is 15.2. The molecule has 0 amide bonds. The van der Waals surface area contributed by atoms with E-state index in [1.54, 1.807) is 0 Å². The molecule has 164 valence electrons. The predicted octanol–water partition coefficient (Wildman–Crippen LogP) is 4.10. The number of piperidine rings is 1. The summed E-state index contributed by atoms with van der Waals surface area (Å²) in [5.74, 6) is 0.767. The minimum Gasteiger partial charge on any atom is -0.491 e. The molecular weight excluding hydrogens is 402 g/mol. The summed E-state index contributed by atoms with van der Waals surface area (Å²) < 4.78 is 16.8. The van der Waals surface area contributed by atoms with Crippen molar-refractivity contribution in [1.29, 1.82) is 0 Å². The Hall–Kier alpha value is -2.08. The van der Waals surface area contributed by atoms with Crippen LogP contribution in [0.1, 0.15) is 25.3 Å². The lowest BCUT2D eigenvalue weighted by Gasteiger charge is -2.40.